The average molecular weight is 204 g/mol. The van der Waals surface area contributed by atoms with Gasteiger partial charge in [-0.15, -0.1) is 11.3 Å². The maximum absolute atomic E-state index is 5.63. The van der Waals surface area contributed by atoms with Gasteiger partial charge in [0.2, 0.25) is 0 Å². The minimum absolute atomic E-state index is 0.650. The molecule has 3 rings (SSSR count). The molecular weight excluding hydrogens is 192 g/mol. The van der Waals surface area contributed by atoms with Gasteiger partial charge >= 0.3 is 0 Å². The summed E-state index contributed by atoms with van der Waals surface area (Å²) in [6.45, 7) is 0.806. The van der Waals surface area contributed by atoms with Crippen molar-refractivity contribution in [1.29, 1.82) is 0 Å². The molecule has 2 atom stereocenters. The molecule has 2 N–H and O–H groups in total. The average Bonchev–Trinajstić information content (AvgIpc) is 2.89. The topological polar surface area (TPSA) is 38.9 Å². The summed E-state index contributed by atoms with van der Waals surface area (Å²) in [5, 5.41) is 1.28. The molecule has 1 fully saturated rings. The van der Waals surface area contributed by atoms with Crippen molar-refractivity contribution in [3.63, 3.8) is 0 Å². The second-order valence-electron chi connectivity index (χ2n) is 3.86. The number of hydrogen-bond donors (Lipinski definition) is 1. The third-order valence-electron chi connectivity index (χ3n) is 2.85. The van der Waals surface area contributed by atoms with Gasteiger partial charge in [-0.1, -0.05) is 12.1 Å². The van der Waals surface area contributed by atoms with Crippen LogP contribution in [-0.2, 0) is 0 Å². The maximum Gasteiger partial charge on any atom is 0.0972 e. The van der Waals surface area contributed by atoms with Crippen LogP contribution in [0.1, 0.15) is 17.3 Å². The van der Waals surface area contributed by atoms with Crippen LogP contribution < -0.4 is 5.73 Å². The summed E-state index contributed by atoms with van der Waals surface area (Å²) in [5.41, 5.74) is 6.77. The Morgan fingerprint density at radius 3 is 3.00 bits per heavy atom. The lowest BCUT2D eigenvalue weighted by Crippen LogP contribution is -2.01. The Kier molecular flexibility index (Phi) is 1.82. The van der Waals surface area contributed by atoms with Crippen LogP contribution in [-0.4, -0.2) is 11.5 Å². The van der Waals surface area contributed by atoms with Gasteiger partial charge in [-0.05, 0) is 31.0 Å². The molecule has 2 unspecified atom stereocenters. The Morgan fingerprint density at radius 2 is 2.29 bits per heavy atom. The Bertz CT molecular complexity index is 430. The van der Waals surface area contributed by atoms with Crippen LogP contribution in [0.15, 0.2) is 24.3 Å². The number of benzene rings is 1. The third kappa shape index (κ3) is 1.24. The fraction of sp³-hybridized carbons (Fsp3) is 0.364. The summed E-state index contributed by atoms with van der Waals surface area (Å²) in [7, 11) is 0. The molecule has 1 aliphatic rings. The van der Waals surface area contributed by atoms with Crippen molar-refractivity contribution in [1.82, 2.24) is 4.98 Å². The van der Waals surface area contributed by atoms with Gasteiger partial charge in [0.15, 0.2) is 0 Å². The molecule has 1 aromatic carbocycles. The van der Waals surface area contributed by atoms with Crippen LogP contribution in [0.3, 0.4) is 0 Å². The molecule has 0 radical (unpaired) electrons. The molecule has 1 aromatic heterocycles. The highest BCUT2D eigenvalue weighted by Crippen LogP contribution is 2.48. The number of nitrogens with two attached hydrogens (primary N) is 1. The van der Waals surface area contributed by atoms with Crippen molar-refractivity contribution >= 4 is 21.6 Å². The van der Waals surface area contributed by atoms with Crippen molar-refractivity contribution in [2.45, 2.75) is 12.3 Å². The van der Waals surface area contributed by atoms with Gasteiger partial charge < -0.3 is 5.73 Å². The molecule has 0 amide bonds. The van der Waals surface area contributed by atoms with Crippen LogP contribution in [0.2, 0.25) is 0 Å². The molecule has 0 spiro atoms. The molecule has 1 heterocycles. The summed E-state index contributed by atoms with van der Waals surface area (Å²) < 4.78 is 1.30. The number of thiazole rings is 1. The van der Waals surface area contributed by atoms with Gasteiger partial charge in [0.1, 0.15) is 0 Å². The molecule has 0 aliphatic heterocycles. The molecule has 3 heteroatoms. The SMILES string of the molecule is NCC1CC1c1nc2ccccc2s1. The monoisotopic (exact) mass is 204 g/mol. The van der Waals surface area contributed by atoms with E-state index in [-0.39, 0.29) is 0 Å². The highest BCUT2D eigenvalue weighted by Gasteiger charge is 2.39. The lowest BCUT2D eigenvalue weighted by atomic mass is 10.3. The van der Waals surface area contributed by atoms with Crippen LogP contribution in [0.5, 0.6) is 0 Å². The fourth-order valence-electron chi connectivity index (χ4n) is 1.86. The highest BCUT2D eigenvalue weighted by atomic mass is 32.1. The van der Waals surface area contributed by atoms with Crippen molar-refractivity contribution in [2.24, 2.45) is 11.7 Å². The predicted molar refractivity (Wildman–Crippen MR) is 59.5 cm³/mol. The van der Waals surface area contributed by atoms with Crippen LogP contribution in [0, 0.1) is 5.92 Å². The lowest BCUT2D eigenvalue weighted by Gasteiger charge is -1.89. The summed E-state index contributed by atoms with van der Waals surface area (Å²) in [5.74, 6) is 1.34. The number of rotatable bonds is 2. The van der Waals surface area contributed by atoms with Gasteiger partial charge in [0.25, 0.3) is 0 Å². The lowest BCUT2D eigenvalue weighted by molar-refractivity contribution is 0.807. The van der Waals surface area contributed by atoms with E-state index in [4.69, 9.17) is 5.73 Å². The first kappa shape index (κ1) is 8.38. The standard InChI is InChI=1S/C11H12N2S/c12-6-7-5-8(7)11-13-9-3-1-2-4-10(9)14-11/h1-4,7-8H,5-6,12H2. The molecule has 1 saturated carbocycles. The van der Waals surface area contributed by atoms with Crippen molar-refractivity contribution in [3.05, 3.63) is 29.3 Å². The van der Waals surface area contributed by atoms with Gasteiger partial charge in [0, 0.05) is 5.92 Å². The first-order valence-corrected chi connectivity index (χ1v) is 5.75. The van der Waals surface area contributed by atoms with Crippen LogP contribution >= 0.6 is 11.3 Å². The Balaban J connectivity index is 1.99. The summed E-state index contributed by atoms with van der Waals surface area (Å²) in [4.78, 5) is 4.64. The second-order valence-corrected chi connectivity index (χ2v) is 4.92. The van der Waals surface area contributed by atoms with E-state index >= 15 is 0 Å². The van der Waals surface area contributed by atoms with Gasteiger partial charge in [-0.2, -0.15) is 0 Å². The summed E-state index contributed by atoms with van der Waals surface area (Å²) in [6.07, 6.45) is 1.23. The van der Waals surface area contributed by atoms with E-state index in [9.17, 15) is 0 Å². The van der Waals surface area contributed by atoms with Crippen molar-refractivity contribution in [2.75, 3.05) is 6.54 Å². The largest absolute Gasteiger partial charge is 0.330 e. The molecule has 72 valence electrons. The first-order valence-electron chi connectivity index (χ1n) is 4.94. The number of fused-ring (bicyclic) bond motifs is 1. The zero-order valence-electron chi connectivity index (χ0n) is 7.81. The highest BCUT2D eigenvalue weighted by molar-refractivity contribution is 7.18. The van der Waals surface area contributed by atoms with Gasteiger partial charge in [0.05, 0.1) is 15.2 Å². The Morgan fingerprint density at radius 1 is 1.43 bits per heavy atom. The zero-order valence-corrected chi connectivity index (χ0v) is 8.63. The van der Waals surface area contributed by atoms with E-state index in [1.807, 2.05) is 17.4 Å². The Hall–Kier alpha value is -0.930. The second kappa shape index (κ2) is 3.04. The molecular formula is C11H12N2S. The van der Waals surface area contributed by atoms with Crippen LogP contribution in [0.4, 0.5) is 0 Å². The van der Waals surface area contributed by atoms with Crippen molar-refractivity contribution < 1.29 is 0 Å². The molecule has 14 heavy (non-hydrogen) atoms. The Labute approximate surface area is 86.8 Å². The third-order valence-corrected chi connectivity index (χ3v) is 4.02. The number of para-hydroxylation sites is 1. The molecule has 2 aromatic rings. The van der Waals surface area contributed by atoms with E-state index in [0.29, 0.717) is 11.8 Å². The minimum atomic E-state index is 0.650. The van der Waals surface area contributed by atoms with E-state index < -0.39 is 0 Å². The number of aromatic nitrogens is 1. The first-order chi connectivity index (χ1) is 6.88. The fourth-order valence-corrected chi connectivity index (χ4v) is 3.03. The number of hydrogen-bond acceptors (Lipinski definition) is 3. The van der Waals surface area contributed by atoms with E-state index in [1.165, 1.54) is 16.1 Å². The summed E-state index contributed by atoms with van der Waals surface area (Å²) >= 11 is 1.82. The summed E-state index contributed by atoms with van der Waals surface area (Å²) in [6, 6.07) is 8.32. The zero-order chi connectivity index (χ0) is 9.54. The van der Waals surface area contributed by atoms with Gasteiger partial charge in [-0.3, -0.25) is 0 Å². The predicted octanol–water partition coefficient (Wildman–Crippen LogP) is 2.36. The van der Waals surface area contributed by atoms with Crippen molar-refractivity contribution in [3.8, 4) is 0 Å². The van der Waals surface area contributed by atoms with E-state index in [1.54, 1.807) is 0 Å². The molecule has 1 aliphatic carbocycles. The maximum atomic E-state index is 5.63. The number of nitrogens with zero attached hydrogens (tertiary/aromatic N) is 1. The van der Waals surface area contributed by atoms with E-state index in [0.717, 1.165) is 12.1 Å². The molecule has 2 nitrogen and oxygen atoms in total. The quantitative estimate of drug-likeness (QED) is 0.815. The van der Waals surface area contributed by atoms with Crippen LogP contribution in [0.25, 0.3) is 10.2 Å². The minimum Gasteiger partial charge on any atom is -0.330 e. The molecule has 0 saturated heterocycles. The van der Waals surface area contributed by atoms with E-state index in [2.05, 4.69) is 23.2 Å². The normalized spacial score (nSPS) is 25.5. The smallest absolute Gasteiger partial charge is 0.0972 e. The molecule has 0 bridgehead atoms. The van der Waals surface area contributed by atoms with Gasteiger partial charge in [-0.25, -0.2) is 4.98 Å².